The molecular formula is C10H12N2O3. The van der Waals surface area contributed by atoms with Crippen LogP contribution in [0.1, 0.15) is 25.5 Å². The van der Waals surface area contributed by atoms with E-state index in [0.717, 1.165) is 0 Å². The Morgan fingerprint density at radius 1 is 1.47 bits per heavy atom. The zero-order valence-corrected chi connectivity index (χ0v) is 8.56. The average molecular weight is 208 g/mol. The Balaban J connectivity index is 3.02. The van der Waals surface area contributed by atoms with Crippen LogP contribution in [0.25, 0.3) is 0 Å². The van der Waals surface area contributed by atoms with Crippen LogP contribution < -0.4 is 5.32 Å². The largest absolute Gasteiger partial charge is 0.350 e. The minimum Gasteiger partial charge on any atom is -0.350 e. The van der Waals surface area contributed by atoms with E-state index < -0.39 is 4.92 Å². The van der Waals surface area contributed by atoms with Gasteiger partial charge in [0.1, 0.15) is 0 Å². The molecule has 0 heterocycles. The summed E-state index contributed by atoms with van der Waals surface area (Å²) in [6.07, 6.45) is 0. The zero-order chi connectivity index (χ0) is 11.4. The van der Waals surface area contributed by atoms with E-state index in [1.54, 1.807) is 25.1 Å². The van der Waals surface area contributed by atoms with E-state index in [4.69, 9.17) is 0 Å². The molecule has 0 aliphatic rings. The first-order chi connectivity index (χ1) is 7.02. The van der Waals surface area contributed by atoms with Crippen LogP contribution in [0.2, 0.25) is 0 Å². The highest BCUT2D eigenvalue weighted by atomic mass is 16.6. The first-order valence-electron chi connectivity index (χ1n) is 4.52. The van der Waals surface area contributed by atoms with Crippen molar-refractivity contribution in [3.05, 3.63) is 39.9 Å². The zero-order valence-electron chi connectivity index (χ0n) is 8.56. The summed E-state index contributed by atoms with van der Waals surface area (Å²) in [5.74, 6) is -0.208. The number of nitro benzene ring substituents is 1. The SMILES string of the molecule is CC(=O)N[C@@H](C)c1ccccc1[N+](=O)[O-]. The highest BCUT2D eigenvalue weighted by Gasteiger charge is 2.18. The van der Waals surface area contributed by atoms with Crippen LogP contribution >= 0.6 is 0 Å². The number of amides is 1. The van der Waals surface area contributed by atoms with Gasteiger partial charge in [-0.3, -0.25) is 14.9 Å². The molecule has 1 amide bonds. The standard InChI is InChI=1S/C10H12N2O3/c1-7(11-8(2)13)9-5-3-4-6-10(9)12(14)15/h3-7H,1-2H3,(H,11,13)/t7-/m0/s1. The lowest BCUT2D eigenvalue weighted by Gasteiger charge is -2.12. The third-order valence-electron chi connectivity index (χ3n) is 2.02. The number of carbonyl (C=O) groups is 1. The molecule has 5 heteroatoms. The number of carbonyl (C=O) groups excluding carboxylic acids is 1. The summed E-state index contributed by atoms with van der Waals surface area (Å²) in [5.41, 5.74) is 0.538. The molecule has 0 fully saturated rings. The molecule has 5 nitrogen and oxygen atoms in total. The fraction of sp³-hybridized carbons (Fsp3) is 0.300. The lowest BCUT2D eigenvalue weighted by Crippen LogP contribution is -2.24. The highest BCUT2D eigenvalue weighted by molar-refractivity contribution is 5.73. The van der Waals surface area contributed by atoms with Crippen molar-refractivity contribution in [1.82, 2.24) is 5.32 Å². The molecule has 15 heavy (non-hydrogen) atoms. The number of rotatable bonds is 3. The predicted molar refractivity (Wildman–Crippen MR) is 55.3 cm³/mol. The maximum Gasteiger partial charge on any atom is 0.274 e. The first kappa shape index (κ1) is 11.2. The number of para-hydroxylation sites is 1. The molecule has 1 rings (SSSR count). The summed E-state index contributed by atoms with van der Waals surface area (Å²) < 4.78 is 0. The summed E-state index contributed by atoms with van der Waals surface area (Å²) in [6.45, 7) is 3.09. The smallest absolute Gasteiger partial charge is 0.274 e. The molecule has 1 aromatic rings. The molecule has 0 aliphatic carbocycles. The van der Waals surface area contributed by atoms with Gasteiger partial charge in [-0.1, -0.05) is 18.2 Å². The van der Waals surface area contributed by atoms with Crippen LogP contribution in [-0.4, -0.2) is 10.8 Å². The number of nitrogens with one attached hydrogen (secondary N) is 1. The Morgan fingerprint density at radius 2 is 2.07 bits per heavy atom. The number of nitrogens with zero attached hydrogens (tertiary/aromatic N) is 1. The summed E-state index contributed by atoms with van der Waals surface area (Å²) in [7, 11) is 0. The molecular weight excluding hydrogens is 196 g/mol. The van der Waals surface area contributed by atoms with E-state index in [0.29, 0.717) is 5.56 Å². The van der Waals surface area contributed by atoms with Crippen molar-refractivity contribution in [3.8, 4) is 0 Å². The van der Waals surface area contributed by atoms with E-state index in [1.807, 2.05) is 0 Å². The van der Waals surface area contributed by atoms with Crippen molar-refractivity contribution in [2.75, 3.05) is 0 Å². The first-order valence-corrected chi connectivity index (χ1v) is 4.52. The molecule has 0 spiro atoms. The Kier molecular flexibility index (Phi) is 3.38. The van der Waals surface area contributed by atoms with Crippen molar-refractivity contribution in [3.63, 3.8) is 0 Å². The van der Waals surface area contributed by atoms with E-state index in [9.17, 15) is 14.9 Å². The molecule has 1 aromatic carbocycles. The van der Waals surface area contributed by atoms with Gasteiger partial charge in [0.2, 0.25) is 5.91 Å². The Morgan fingerprint density at radius 3 is 2.60 bits per heavy atom. The normalized spacial score (nSPS) is 11.9. The third-order valence-corrected chi connectivity index (χ3v) is 2.02. The van der Waals surface area contributed by atoms with Gasteiger partial charge in [0.15, 0.2) is 0 Å². The topological polar surface area (TPSA) is 72.2 Å². The molecule has 0 bridgehead atoms. The van der Waals surface area contributed by atoms with Crippen molar-refractivity contribution >= 4 is 11.6 Å². The van der Waals surface area contributed by atoms with Crippen LogP contribution in [-0.2, 0) is 4.79 Å². The quantitative estimate of drug-likeness (QED) is 0.608. The summed E-state index contributed by atoms with van der Waals surface area (Å²) in [5, 5.41) is 13.3. The second-order valence-electron chi connectivity index (χ2n) is 3.24. The monoisotopic (exact) mass is 208 g/mol. The molecule has 0 unspecified atom stereocenters. The summed E-state index contributed by atoms with van der Waals surface area (Å²) in [6, 6.07) is 6.01. The molecule has 1 N–H and O–H groups in total. The number of hydrogen-bond donors (Lipinski definition) is 1. The minimum atomic E-state index is -0.451. The number of hydrogen-bond acceptors (Lipinski definition) is 3. The molecule has 0 radical (unpaired) electrons. The summed E-state index contributed by atoms with van der Waals surface area (Å²) in [4.78, 5) is 21.1. The van der Waals surface area contributed by atoms with Gasteiger partial charge in [-0.2, -0.15) is 0 Å². The molecule has 0 aromatic heterocycles. The number of benzene rings is 1. The van der Waals surface area contributed by atoms with Crippen LogP contribution in [0, 0.1) is 10.1 Å². The van der Waals surface area contributed by atoms with Gasteiger partial charge in [0.25, 0.3) is 5.69 Å². The van der Waals surface area contributed by atoms with Gasteiger partial charge < -0.3 is 5.32 Å². The number of nitro groups is 1. The van der Waals surface area contributed by atoms with Gasteiger partial charge >= 0.3 is 0 Å². The second kappa shape index (κ2) is 4.54. The second-order valence-corrected chi connectivity index (χ2v) is 3.24. The van der Waals surface area contributed by atoms with Crippen LogP contribution in [0.4, 0.5) is 5.69 Å². The average Bonchev–Trinajstić information content (AvgIpc) is 2.16. The Labute approximate surface area is 87.3 Å². The molecule has 0 saturated heterocycles. The Bertz CT molecular complexity index is 390. The molecule has 0 aliphatic heterocycles. The van der Waals surface area contributed by atoms with E-state index in [-0.39, 0.29) is 17.6 Å². The lowest BCUT2D eigenvalue weighted by atomic mass is 10.1. The fourth-order valence-corrected chi connectivity index (χ4v) is 1.40. The fourth-order valence-electron chi connectivity index (χ4n) is 1.40. The maximum absolute atomic E-state index is 10.8. The third kappa shape index (κ3) is 2.77. The summed E-state index contributed by atoms with van der Waals surface area (Å²) >= 11 is 0. The van der Waals surface area contributed by atoms with E-state index in [1.165, 1.54) is 13.0 Å². The minimum absolute atomic E-state index is 0.0266. The van der Waals surface area contributed by atoms with Crippen LogP contribution in [0.5, 0.6) is 0 Å². The van der Waals surface area contributed by atoms with Crippen molar-refractivity contribution in [1.29, 1.82) is 0 Å². The van der Waals surface area contributed by atoms with Crippen LogP contribution in [0.3, 0.4) is 0 Å². The van der Waals surface area contributed by atoms with Gasteiger partial charge in [-0.15, -0.1) is 0 Å². The van der Waals surface area contributed by atoms with Crippen molar-refractivity contribution in [2.24, 2.45) is 0 Å². The van der Waals surface area contributed by atoms with Gasteiger partial charge in [0, 0.05) is 13.0 Å². The molecule has 1 atom stereocenters. The molecule has 80 valence electrons. The lowest BCUT2D eigenvalue weighted by molar-refractivity contribution is -0.385. The predicted octanol–water partition coefficient (Wildman–Crippen LogP) is 1.79. The highest BCUT2D eigenvalue weighted by Crippen LogP contribution is 2.24. The Hall–Kier alpha value is -1.91. The molecule has 0 saturated carbocycles. The van der Waals surface area contributed by atoms with Gasteiger partial charge in [0.05, 0.1) is 16.5 Å². The van der Waals surface area contributed by atoms with E-state index >= 15 is 0 Å². The maximum atomic E-state index is 10.8. The van der Waals surface area contributed by atoms with Crippen LogP contribution in [0.15, 0.2) is 24.3 Å². The van der Waals surface area contributed by atoms with Gasteiger partial charge in [-0.05, 0) is 6.92 Å². The van der Waals surface area contributed by atoms with Gasteiger partial charge in [-0.25, -0.2) is 0 Å². The van der Waals surface area contributed by atoms with Crippen molar-refractivity contribution in [2.45, 2.75) is 19.9 Å². The van der Waals surface area contributed by atoms with Crippen molar-refractivity contribution < 1.29 is 9.72 Å². The van der Waals surface area contributed by atoms with E-state index in [2.05, 4.69) is 5.32 Å².